The number of carbonyl (C=O) groups excluding carboxylic acids is 4. The number of imide groups is 1. The first-order valence-electron chi connectivity index (χ1n) is 12.1. The van der Waals surface area contributed by atoms with Gasteiger partial charge in [0.05, 0.1) is 24.8 Å². The molecule has 3 aromatic carbocycles. The minimum atomic E-state index is -1.02. The van der Waals surface area contributed by atoms with Crippen molar-refractivity contribution in [3.8, 4) is 5.75 Å². The second kappa shape index (κ2) is 9.89. The molecule has 0 saturated carbocycles. The molecule has 3 amide bonds. The van der Waals surface area contributed by atoms with Crippen LogP contribution in [0, 0.1) is 0 Å². The summed E-state index contributed by atoms with van der Waals surface area (Å²) in [6.45, 7) is 2.08. The van der Waals surface area contributed by atoms with Crippen molar-refractivity contribution in [2.75, 3.05) is 18.6 Å². The molecule has 0 aliphatic carbocycles. The molecule has 0 N–H and O–H groups in total. The van der Waals surface area contributed by atoms with E-state index in [2.05, 4.69) is 0 Å². The van der Waals surface area contributed by atoms with Gasteiger partial charge in [0.15, 0.2) is 6.10 Å². The molecule has 3 aromatic rings. The van der Waals surface area contributed by atoms with Gasteiger partial charge in [-0.15, -0.1) is 0 Å². The molecule has 188 valence electrons. The van der Waals surface area contributed by atoms with Crippen LogP contribution in [0.4, 0.5) is 5.69 Å². The molecule has 8 heteroatoms. The van der Waals surface area contributed by atoms with Gasteiger partial charge in [-0.05, 0) is 61.2 Å². The average molecular weight is 499 g/mol. The Morgan fingerprint density at radius 2 is 1.62 bits per heavy atom. The third-order valence-electron chi connectivity index (χ3n) is 6.71. The number of methoxy groups -OCH3 is 1. The maximum Gasteiger partial charge on any atom is 0.342 e. The number of carbonyl (C=O) groups is 4. The van der Waals surface area contributed by atoms with E-state index in [1.54, 1.807) is 48.2 Å². The fourth-order valence-corrected chi connectivity index (χ4v) is 4.83. The maximum absolute atomic E-state index is 13.2. The minimum absolute atomic E-state index is 0.0182. The summed E-state index contributed by atoms with van der Waals surface area (Å²) in [7, 11) is 1.43. The zero-order valence-corrected chi connectivity index (χ0v) is 20.6. The Kier molecular flexibility index (Phi) is 6.48. The van der Waals surface area contributed by atoms with Crippen LogP contribution < -0.4 is 9.64 Å². The van der Waals surface area contributed by atoms with Crippen molar-refractivity contribution in [2.24, 2.45) is 0 Å². The molecule has 2 aliphatic heterocycles. The summed E-state index contributed by atoms with van der Waals surface area (Å²) in [4.78, 5) is 54.7. The number of hydrogen-bond donors (Lipinski definition) is 0. The van der Waals surface area contributed by atoms with Gasteiger partial charge in [-0.2, -0.15) is 0 Å². The van der Waals surface area contributed by atoms with Crippen molar-refractivity contribution >= 4 is 29.4 Å². The standard InChI is InChI=1S/C29H26N2O6/c1-18(26(32)30-15-7-9-20-8-3-6-12-24(20)30)37-29(35)23-16-19(13-14-25(23)36-2)17-31-27(33)21-10-4-5-11-22(21)28(31)34/h3-6,8,10-14,16,18H,7,9,15,17H2,1-2H3. The predicted octanol–water partition coefficient (Wildman–Crippen LogP) is 4.02. The third-order valence-corrected chi connectivity index (χ3v) is 6.71. The zero-order valence-electron chi connectivity index (χ0n) is 20.6. The molecule has 2 heterocycles. The average Bonchev–Trinajstić information content (AvgIpc) is 3.17. The van der Waals surface area contributed by atoms with Gasteiger partial charge < -0.3 is 14.4 Å². The van der Waals surface area contributed by atoms with Gasteiger partial charge in [0, 0.05) is 12.2 Å². The van der Waals surface area contributed by atoms with Crippen molar-refractivity contribution in [1.82, 2.24) is 4.90 Å². The molecule has 0 saturated heterocycles. The number of aryl methyl sites for hydroxylation is 1. The SMILES string of the molecule is COc1ccc(CN2C(=O)c3ccccc3C2=O)cc1C(=O)OC(C)C(=O)N1CCCc2ccccc21. The van der Waals surface area contributed by atoms with Crippen molar-refractivity contribution in [3.05, 3.63) is 94.5 Å². The molecular formula is C29H26N2O6. The van der Waals surface area contributed by atoms with Crippen LogP contribution in [0.1, 0.15) is 55.5 Å². The van der Waals surface area contributed by atoms with Gasteiger partial charge in [0.25, 0.3) is 17.7 Å². The molecule has 2 aliphatic rings. The van der Waals surface area contributed by atoms with Crippen molar-refractivity contribution in [2.45, 2.75) is 32.4 Å². The lowest BCUT2D eigenvalue weighted by molar-refractivity contribution is -0.126. The van der Waals surface area contributed by atoms with E-state index in [0.717, 1.165) is 29.0 Å². The van der Waals surface area contributed by atoms with Gasteiger partial charge in [-0.3, -0.25) is 19.3 Å². The summed E-state index contributed by atoms with van der Waals surface area (Å²) in [5.74, 6) is -1.55. The summed E-state index contributed by atoms with van der Waals surface area (Å²) < 4.78 is 10.9. The van der Waals surface area contributed by atoms with E-state index < -0.39 is 12.1 Å². The molecule has 0 spiro atoms. The monoisotopic (exact) mass is 498 g/mol. The Hall–Kier alpha value is -4.46. The number of ether oxygens (including phenoxy) is 2. The predicted molar refractivity (Wildman–Crippen MR) is 136 cm³/mol. The third kappa shape index (κ3) is 4.46. The molecule has 1 unspecified atom stereocenters. The Balaban J connectivity index is 1.33. The van der Waals surface area contributed by atoms with Gasteiger partial charge in [0.1, 0.15) is 11.3 Å². The maximum atomic E-state index is 13.2. The summed E-state index contributed by atoms with van der Waals surface area (Å²) in [5.41, 5.74) is 3.28. The van der Waals surface area contributed by atoms with Gasteiger partial charge in [-0.1, -0.05) is 36.4 Å². The Labute approximate surface area is 214 Å². The van der Waals surface area contributed by atoms with Crippen LogP contribution in [-0.2, 0) is 22.5 Å². The van der Waals surface area contributed by atoms with Crippen LogP contribution >= 0.6 is 0 Å². The minimum Gasteiger partial charge on any atom is -0.496 e. The highest BCUT2D eigenvalue weighted by atomic mass is 16.5. The summed E-state index contributed by atoms with van der Waals surface area (Å²) in [6.07, 6.45) is 0.700. The number of esters is 1. The molecule has 1 atom stereocenters. The summed E-state index contributed by atoms with van der Waals surface area (Å²) in [5, 5.41) is 0. The molecule has 5 rings (SSSR count). The molecular weight excluding hydrogens is 472 g/mol. The highest BCUT2D eigenvalue weighted by Gasteiger charge is 2.35. The van der Waals surface area contributed by atoms with E-state index in [1.165, 1.54) is 13.2 Å². The highest BCUT2D eigenvalue weighted by molar-refractivity contribution is 6.21. The Morgan fingerprint density at radius 3 is 2.32 bits per heavy atom. The van der Waals surface area contributed by atoms with Gasteiger partial charge >= 0.3 is 5.97 Å². The molecule has 0 aromatic heterocycles. The summed E-state index contributed by atoms with van der Waals surface area (Å²) >= 11 is 0. The van der Waals surface area contributed by atoms with E-state index in [-0.39, 0.29) is 35.6 Å². The molecule has 8 nitrogen and oxygen atoms in total. The van der Waals surface area contributed by atoms with Crippen LogP contribution in [0.25, 0.3) is 0 Å². The number of rotatable bonds is 6. The van der Waals surface area contributed by atoms with Gasteiger partial charge in [0.2, 0.25) is 0 Å². The van der Waals surface area contributed by atoms with Crippen molar-refractivity contribution < 1.29 is 28.7 Å². The van der Waals surface area contributed by atoms with E-state index in [4.69, 9.17) is 9.47 Å². The van der Waals surface area contributed by atoms with E-state index >= 15 is 0 Å². The fraction of sp³-hybridized carbons (Fsp3) is 0.241. The lowest BCUT2D eigenvalue weighted by atomic mass is 10.0. The Morgan fingerprint density at radius 1 is 0.946 bits per heavy atom. The number of fused-ring (bicyclic) bond motifs is 2. The molecule has 0 fully saturated rings. The first-order valence-corrected chi connectivity index (χ1v) is 12.1. The number of benzene rings is 3. The van der Waals surface area contributed by atoms with Crippen LogP contribution in [0.15, 0.2) is 66.7 Å². The van der Waals surface area contributed by atoms with Crippen LogP contribution in [0.5, 0.6) is 5.75 Å². The van der Waals surface area contributed by atoms with Crippen LogP contribution in [0.2, 0.25) is 0 Å². The number of nitrogens with zero attached hydrogens (tertiary/aromatic N) is 2. The smallest absolute Gasteiger partial charge is 0.342 e. The fourth-order valence-electron chi connectivity index (χ4n) is 4.83. The van der Waals surface area contributed by atoms with E-state index in [0.29, 0.717) is 23.2 Å². The molecule has 0 radical (unpaired) electrons. The topological polar surface area (TPSA) is 93.2 Å². The zero-order chi connectivity index (χ0) is 26.1. The van der Waals surface area contributed by atoms with E-state index in [9.17, 15) is 19.2 Å². The summed E-state index contributed by atoms with van der Waals surface area (Å²) in [6, 6.07) is 19.1. The number of para-hydroxylation sites is 1. The lowest BCUT2D eigenvalue weighted by Crippen LogP contribution is -2.42. The van der Waals surface area contributed by atoms with E-state index in [1.807, 2.05) is 24.3 Å². The highest BCUT2D eigenvalue weighted by Crippen LogP contribution is 2.29. The molecule has 0 bridgehead atoms. The van der Waals surface area contributed by atoms with Crippen LogP contribution in [0.3, 0.4) is 0 Å². The number of amides is 3. The normalized spacial score (nSPS) is 15.2. The number of hydrogen-bond acceptors (Lipinski definition) is 6. The lowest BCUT2D eigenvalue weighted by Gasteiger charge is -2.31. The second-order valence-electron chi connectivity index (χ2n) is 9.05. The first kappa shape index (κ1) is 24.2. The largest absolute Gasteiger partial charge is 0.496 e. The Bertz CT molecular complexity index is 1380. The van der Waals surface area contributed by atoms with Crippen molar-refractivity contribution in [1.29, 1.82) is 0 Å². The van der Waals surface area contributed by atoms with Crippen LogP contribution in [-0.4, -0.2) is 48.3 Å². The van der Waals surface area contributed by atoms with Crippen molar-refractivity contribution in [3.63, 3.8) is 0 Å². The first-order chi connectivity index (χ1) is 17.9. The quantitative estimate of drug-likeness (QED) is 0.377. The molecule has 37 heavy (non-hydrogen) atoms. The second-order valence-corrected chi connectivity index (χ2v) is 9.05. The number of anilines is 1. The van der Waals surface area contributed by atoms with Gasteiger partial charge in [-0.25, -0.2) is 4.79 Å².